The van der Waals surface area contributed by atoms with Crippen LogP contribution in [-0.4, -0.2) is 50.3 Å². The summed E-state index contributed by atoms with van der Waals surface area (Å²) in [6.07, 6.45) is 6.67. The molecule has 1 saturated carbocycles. The van der Waals surface area contributed by atoms with Crippen LogP contribution in [0.15, 0.2) is 0 Å². The van der Waals surface area contributed by atoms with E-state index in [1.807, 2.05) is 0 Å². The molecule has 88 valence electrons. The summed E-state index contributed by atoms with van der Waals surface area (Å²) in [5.41, 5.74) is 0. The van der Waals surface area contributed by atoms with E-state index in [2.05, 4.69) is 24.3 Å². The van der Waals surface area contributed by atoms with Crippen LogP contribution in [0.2, 0.25) is 0 Å². The number of hydrogen-bond acceptors (Lipinski definition) is 3. The highest BCUT2D eigenvalue weighted by Crippen LogP contribution is 2.25. The Morgan fingerprint density at radius 1 is 1.20 bits per heavy atom. The minimum atomic E-state index is 0.656. The lowest BCUT2D eigenvalue weighted by Gasteiger charge is -2.40. The number of hydrogen-bond donors (Lipinski definition) is 1. The molecule has 1 heterocycles. The molecular weight excluding hydrogens is 188 g/mol. The molecule has 3 unspecified atom stereocenters. The van der Waals surface area contributed by atoms with Crippen LogP contribution in [0, 0.1) is 0 Å². The molecule has 0 aromatic rings. The highest BCUT2D eigenvalue weighted by molar-refractivity contribution is 4.89. The fourth-order valence-corrected chi connectivity index (χ4v) is 3.05. The van der Waals surface area contributed by atoms with Gasteiger partial charge in [0.1, 0.15) is 0 Å². The average Bonchev–Trinajstić information content (AvgIpc) is 2.81. The van der Waals surface area contributed by atoms with Crippen LogP contribution in [0.25, 0.3) is 0 Å². The summed E-state index contributed by atoms with van der Waals surface area (Å²) in [4.78, 5) is 2.56. The molecule has 0 amide bonds. The Bertz CT molecular complexity index is 192. The predicted octanol–water partition coefficient (Wildman–Crippen LogP) is 1.24. The van der Waals surface area contributed by atoms with Gasteiger partial charge in [0.2, 0.25) is 0 Å². The largest absolute Gasteiger partial charge is 0.380 e. The molecule has 15 heavy (non-hydrogen) atoms. The van der Waals surface area contributed by atoms with Gasteiger partial charge in [0.25, 0.3) is 0 Å². The van der Waals surface area contributed by atoms with E-state index in [0.717, 1.165) is 19.3 Å². The van der Waals surface area contributed by atoms with Crippen molar-refractivity contribution in [3.8, 4) is 0 Å². The Labute approximate surface area is 93.2 Å². The van der Waals surface area contributed by atoms with E-state index in [9.17, 15) is 0 Å². The van der Waals surface area contributed by atoms with Crippen molar-refractivity contribution in [1.82, 2.24) is 10.2 Å². The van der Waals surface area contributed by atoms with Crippen molar-refractivity contribution in [3.63, 3.8) is 0 Å². The highest BCUT2D eigenvalue weighted by atomic mass is 16.5. The highest BCUT2D eigenvalue weighted by Gasteiger charge is 2.32. The van der Waals surface area contributed by atoms with Crippen molar-refractivity contribution >= 4 is 0 Å². The molecule has 3 nitrogen and oxygen atoms in total. The summed E-state index contributed by atoms with van der Waals surface area (Å²) in [7, 11) is 4.38. The summed E-state index contributed by atoms with van der Waals surface area (Å²) < 4.78 is 5.48. The van der Waals surface area contributed by atoms with Crippen molar-refractivity contribution in [2.75, 3.05) is 27.3 Å². The number of ether oxygens (including phenoxy) is 1. The Kier molecular flexibility index (Phi) is 4.00. The summed E-state index contributed by atoms with van der Waals surface area (Å²) in [5, 5.41) is 3.48. The first-order valence-corrected chi connectivity index (χ1v) is 6.30. The predicted molar refractivity (Wildman–Crippen MR) is 62.1 cm³/mol. The average molecular weight is 212 g/mol. The lowest BCUT2D eigenvalue weighted by atomic mass is 9.88. The number of nitrogens with one attached hydrogen (secondary N) is 1. The molecule has 3 atom stereocenters. The first-order chi connectivity index (χ1) is 7.33. The summed E-state index contributed by atoms with van der Waals surface area (Å²) in [6.45, 7) is 1.88. The molecule has 1 aliphatic carbocycles. The van der Waals surface area contributed by atoms with E-state index in [1.165, 1.54) is 32.1 Å². The van der Waals surface area contributed by atoms with Gasteiger partial charge < -0.3 is 10.1 Å². The van der Waals surface area contributed by atoms with Crippen LogP contribution in [0.3, 0.4) is 0 Å². The van der Waals surface area contributed by atoms with Crippen LogP contribution in [0.1, 0.15) is 32.1 Å². The van der Waals surface area contributed by atoms with E-state index in [4.69, 9.17) is 4.74 Å². The van der Waals surface area contributed by atoms with E-state index in [-0.39, 0.29) is 0 Å². The molecule has 0 aromatic carbocycles. The molecule has 1 N–H and O–H groups in total. The Morgan fingerprint density at radius 3 is 2.67 bits per heavy atom. The van der Waals surface area contributed by atoms with Crippen LogP contribution in [0.4, 0.5) is 0 Å². The van der Waals surface area contributed by atoms with Crippen molar-refractivity contribution < 1.29 is 4.74 Å². The molecule has 1 aliphatic heterocycles. The first kappa shape index (κ1) is 11.4. The third-order valence-corrected chi connectivity index (χ3v) is 4.11. The molecule has 0 radical (unpaired) electrons. The van der Waals surface area contributed by atoms with Crippen LogP contribution in [0.5, 0.6) is 0 Å². The van der Waals surface area contributed by atoms with Gasteiger partial charge in [-0.3, -0.25) is 4.90 Å². The topological polar surface area (TPSA) is 24.5 Å². The number of likely N-dealkylation sites (N-methyl/N-ethyl adjacent to an activating group) is 2. The molecule has 2 fully saturated rings. The minimum Gasteiger partial charge on any atom is -0.380 e. The first-order valence-electron chi connectivity index (χ1n) is 6.30. The normalized spacial score (nSPS) is 37.4. The Morgan fingerprint density at radius 2 is 2.00 bits per heavy atom. The zero-order chi connectivity index (χ0) is 10.7. The van der Waals surface area contributed by atoms with Gasteiger partial charge in [-0.2, -0.15) is 0 Å². The standard InChI is InChI=1S/C12H24N2O/c1-13-11-5-3-4-6-12(11)14(2)10-7-8-15-9-10/h10-13H,3-9H2,1-2H3. The Balaban J connectivity index is 1.93. The van der Waals surface area contributed by atoms with E-state index < -0.39 is 0 Å². The zero-order valence-electron chi connectivity index (χ0n) is 10.0. The van der Waals surface area contributed by atoms with Gasteiger partial charge in [0.15, 0.2) is 0 Å². The lowest BCUT2D eigenvalue weighted by molar-refractivity contribution is 0.0938. The number of rotatable bonds is 3. The zero-order valence-corrected chi connectivity index (χ0v) is 10.0. The molecule has 0 spiro atoms. The monoisotopic (exact) mass is 212 g/mol. The fraction of sp³-hybridized carbons (Fsp3) is 1.00. The maximum absolute atomic E-state index is 5.48. The smallest absolute Gasteiger partial charge is 0.0622 e. The molecule has 0 aromatic heterocycles. The second-order valence-corrected chi connectivity index (χ2v) is 4.93. The van der Waals surface area contributed by atoms with Crippen LogP contribution in [-0.2, 0) is 4.74 Å². The van der Waals surface area contributed by atoms with Crippen molar-refractivity contribution in [2.24, 2.45) is 0 Å². The number of nitrogens with zero attached hydrogens (tertiary/aromatic N) is 1. The van der Waals surface area contributed by atoms with Crippen molar-refractivity contribution in [1.29, 1.82) is 0 Å². The molecular formula is C12H24N2O. The van der Waals surface area contributed by atoms with E-state index in [1.54, 1.807) is 0 Å². The quantitative estimate of drug-likeness (QED) is 0.762. The summed E-state index contributed by atoms with van der Waals surface area (Å²) in [5.74, 6) is 0. The molecule has 1 saturated heterocycles. The molecule has 0 bridgehead atoms. The van der Waals surface area contributed by atoms with E-state index in [0.29, 0.717) is 12.1 Å². The summed E-state index contributed by atoms with van der Waals surface area (Å²) in [6, 6.07) is 2.06. The van der Waals surface area contributed by atoms with E-state index >= 15 is 0 Å². The van der Waals surface area contributed by atoms with Gasteiger partial charge >= 0.3 is 0 Å². The minimum absolute atomic E-state index is 0.656. The maximum Gasteiger partial charge on any atom is 0.0622 e. The lowest BCUT2D eigenvalue weighted by Crippen LogP contribution is -2.52. The van der Waals surface area contributed by atoms with Gasteiger partial charge in [-0.05, 0) is 33.4 Å². The van der Waals surface area contributed by atoms with Gasteiger partial charge in [-0.15, -0.1) is 0 Å². The van der Waals surface area contributed by atoms with Gasteiger partial charge in [0, 0.05) is 24.7 Å². The molecule has 2 rings (SSSR count). The maximum atomic E-state index is 5.48. The molecule has 3 heteroatoms. The molecule has 2 aliphatic rings. The van der Waals surface area contributed by atoms with Crippen molar-refractivity contribution in [2.45, 2.75) is 50.2 Å². The Hall–Kier alpha value is -0.120. The van der Waals surface area contributed by atoms with Crippen molar-refractivity contribution in [3.05, 3.63) is 0 Å². The SMILES string of the molecule is CNC1CCCCC1N(C)C1CCOC1. The third-order valence-electron chi connectivity index (χ3n) is 4.11. The summed E-state index contributed by atoms with van der Waals surface area (Å²) >= 11 is 0. The second-order valence-electron chi connectivity index (χ2n) is 4.93. The van der Waals surface area contributed by atoms with Gasteiger partial charge in [-0.25, -0.2) is 0 Å². The van der Waals surface area contributed by atoms with Crippen LogP contribution < -0.4 is 5.32 Å². The fourth-order valence-electron chi connectivity index (χ4n) is 3.05. The van der Waals surface area contributed by atoms with Gasteiger partial charge in [-0.1, -0.05) is 12.8 Å². The van der Waals surface area contributed by atoms with Crippen LogP contribution >= 0.6 is 0 Å². The van der Waals surface area contributed by atoms with Gasteiger partial charge in [0.05, 0.1) is 6.61 Å². The third kappa shape index (κ3) is 2.52. The second kappa shape index (κ2) is 5.28.